The van der Waals surface area contributed by atoms with Gasteiger partial charge < -0.3 is 5.32 Å². The molecule has 0 unspecified atom stereocenters. The third-order valence-electron chi connectivity index (χ3n) is 4.80. The van der Waals surface area contributed by atoms with Gasteiger partial charge in [-0.2, -0.15) is 0 Å². The number of nitrogens with zero attached hydrogens (tertiary/aromatic N) is 1. The Morgan fingerprint density at radius 2 is 1.76 bits per heavy atom. The largest absolute Gasteiger partial charge is 0.316 e. The summed E-state index contributed by atoms with van der Waals surface area (Å²) in [6, 6.07) is 6.67. The van der Waals surface area contributed by atoms with Crippen LogP contribution in [0.5, 0.6) is 0 Å². The van der Waals surface area contributed by atoms with Crippen molar-refractivity contribution in [3.05, 3.63) is 33.8 Å². The minimum absolute atomic E-state index is 0.739. The maximum Gasteiger partial charge on any atom is 0.0424 e. The van der Waals surface area contributed by atoms with Crippen molar-refractivity contribution in [2.45, 2.75) is 44.7 Å². The van der Waals surface area contributed by atoms with Crippen LogP contribution in [-0.2, 0) is 6.54 Å². The molecule has 1 saturated heterocycles. The van der Waals surface area contributed by atoms with Crippen molar-refractivity contribution in [2.75, 3.05) is 19.6 Å². The molecule has 2 fully saturated rings. The van der Waals surface area contributed by atoms with Crippen LogP contribution in [0.15, 0.2) is 18.2 Å². The van der Waals surface area contributed by atoms with E-state index in [0.29, 0.717) is 0 Å². The summed E-state index contributed by atoms with van der Waals surface area (Å²) >= 11 is 12.3. The molecule has 21 heavy (non-hydrogen) atoms. The lowest BCUT2D eigenvalue weighted by Gasteiger charge is -2.31. The Morgan fingerprint density at radius 3 is 2.38 bits per heavy atom. The molecule has 1 saturated carbocycles. The first-order valence-electron chi connectivity index (χ1n) is 8.10. The summed E-state index contributed by atoms with van der Waals surface area (Å²) in [5.74, 6) is 0.792. The Hall–Kier alpha value is -0.280. The first-order chi connectivity index (χ1) is 10.2. The summed E-state index contributed by atoms with van der Waals surface area (Å²) in [5.41, 5.74) is 1.24. The van der Waals surface area contributed by atoms with E-state index in [2.05, 4.69) is 22.3 Å². The molecule has 1 N–H and O–H groups in total. The number of benzene rings is 1. The van der Waals surface area contributed by atoms with Crippen molar-refractivity contribution in [3.8, 4) is 0 Å². The molecule has 116 valence electrons. The highest BCUT2D eigenvalue weighted by Crippen LogP contribution is 2.28. The maximum absolute atomic E-state index is 6.15. The van der Waals surface area contributed by atoms with Gasteiger partial charge in [0, 0.05) is 29.2 Å². The van der Waals surface area contributed by atoms with Crippen molar-refractivity contribution < 1.29 is 0 Å². The fourth-order valence-corrected chi connectivity index (χ4v) is 4.32. The van der Waals surface area contributed by atoms with Crippen LogP contribution < -0.4 is 5.32 Å². The summed E-state index contributed by atoms with van der Waals surface area (Å²) in [6.07, 6.45) is 6.74. The van der Waals surface area contributed by atoms with Crippen molar-refractivity contribution >= 4 is 23.2 Å². The molecule has 0 amide bonds. The average molecular weight is 327 g/mol. The second-order valence-corrected chi connectivity index (χ2v) is 7.38. The van der Waals surface area contributed by atoms with Gasteiger partial charge in [0.05, 0.1) is 0 Å². The molecule has 1 aliphatic heterocycles. The lowest BCUT2D eigenvalue weighted by molar-refractivity contribution is 0.164. The van der Waals surface area contributed by atoms with Gasteiger partial charge in [-0.3, -0.25) is 4.90 Å². The van der Waals surface area contributed by atoms with E-state index in [4.69, 9.17) is 23.2 Å². The van der Waals surface area contributed by atoms with Crippen molar-refractivity contribution in [1.82, 2.24) is 10.2 Å². The summed E-state index contributed by atoms with van der Waals surface area (Å²) in [6.45, 7) is 4.51. The first kappa shape index (κ1) is 15.6. The van der Waals surface area contributed by atoms with E-state index in [1.54, 1.807) is 0 Å². The molecule has 2 nitrogen and oxygen atoms in total. The van der Waals surface area contributed by atoms with Gasteiger partial charge in [-0.05, 0) is 62.0 Å². The van der Waals surface area contributed by atoms with Crippen LogP contribution in [0.4, 0.5) is 0 Å². The molecule has 1 heterocycles. The zero-order valence-electron chi connectivity index (χ0n) is 12.5. The van der Waals surface area contributed by atoms with Crippen LogP contribution in [0.3, 0.4) is 0 Å². The number of halogens is 2. The average Bonchev–Trinajstić information content (AvgIpc) is 3.10. The Balaban J connectivity index is 1.70. The predicted octanol–water partition coefficient (Wildman–Crippen LogP) is 4.35. The topological polar surface area (TPSA) is 15.3 Å². The fraction of sp³-hybridized carbons (Fsp3) is 0.647. The molecule has 0 aromatic heterocycles. The van der Waals surface area contributed by atoms with Gasteiger partial charge >= 0.3 is 0 Å². The monoisotopic (exact) mass is 326 g/mol. The molecule has 4 heteroatoms. The summed E-state index contributed by atoms with van der Waals surface area (Å²) in [5, 5.41) is 4.97. The van der Waals surface area contributed by atoms with Crippen LogP contribution in [0.2, 0.25) is 10.0 Å². The molecular weight excluding hydrogens is 303 g/mol. The van der Waals surface area contributed by atoms with E-state index >= 15 is 0 Å². The number of rotatable bonds is 5. The van der Waals surface area contributed by atoms with E-state index in [9.17, 15) is 0 Å². The molecule has 3 rings (SSSR count). The Bertz CT molecular complexity index is 446. The molecule has 0 spiro atoms. The highest BCUT2D eigenvalue weighted by Gasteiger charge is 2.26. The Labute approximate surface area is 137 Å². The minimum atomic E-state index is 0.739. The summed E-state index contributed by atoms with van der Waals surface area (Å²) in [4.78, 5) is 2.67. The fourth-order valence-electron chi connectivity index (χ4n) is 3.75. The minimum Gasteiger partial charge on any atom is -0.316 e. The van der Waals surface area contributed by atoms with Crippen LogP contribution in [0.25, 0.3) is 0 Å². The van der Waals surface area contributed by atoms with Gasteiger partial charge in [0.1, 0.15) is 0 Å². The second kappa shape index (κ2) is 7.32. The maximum atomic E-state index is 6.15. The quantitative estimate of drug-likeness (QED) is 0.865. The van der Waals surface area contributed by atoms with E-state index in [1.165, 1.54) is 57.3 Å². The summed E-state index contributed by atoms with van der Waals surface area (Å²) in [7, 11) is 0. The van der Waals surface area contributed by atoms with Crippen LogP contribution in [0, 0.1) is 5.92 Å². The van der Waals surface area contributed by atoms with Gasteiger partial charge in [-0.15, -0.1) is 0 Å². The van der Waals surface area contributed by atoms with Crippen molar-refractivity contribution in [2.24, 2.45) is 5.92 Å². The van der Waals surface area contributed by atoms with E-state index in [0.717, 1.165) is 28.5 Å². The first-order valence-corrected chi connectivity index (χ1v) is 8.86. The number of nitrogens with one attached hydrogen (secondary N) is 1. The van der Waals surface area contributed by atoms with Crippen LogP contribution >= 0.6 is 23.2 Å². The smallest absolute Gasteiger partial charge is 0.0424 e. The molecule has 0 bridgehead atoms. The molecule has 0 radical (unpaired) electrons. The lowest BCUT2D eigenvalue weighted by Crippen LogP contribution is -2.37. The molecule has 1 aromatic rings. The van der Waals surface area contributed by atoms with Gasteiger partial charge in [0.15, 0.2) is 0 Å². The van der Waals surface area contributed by atoms with Crippen LogP contribution in [-0.4, -0.2) is 30.6 Å². The molecule has 1 aliphatic carbocycles. The van der Waals surface area contributed by atoms with Gasteiger partial charge in [0.25, 0.3) is 0 Å². The third kappa shape index (κ3) is 4.35. The van der Waals surface area contributed by atoms with E-state index in [1.807, 2.05) is 6.07 Å². The number of hydrogen-bond acceptors (Lipinski definition) is 2. The SMILES string of the molecule is Clc1cc(Cl)cc(CN(C[C@@H]2CCNC2)C2CCCC2)c1. The van der Waals surface area contributed by atoms with E-state index in [-0.39, 0.29) is 0 Å². The second-order valence-electron chi connectivity index (χ2n) is 6.50. The van der Waals surface area contributed by atoms with Gasteiger partial charge in [0.2, 0.25) is 0 Å². The Kier molecular flexibility index (Phi) is 5.44. The molecular formula is C17H24Cl2N2. The highest BCUT2D eigenvalue weighted by atomic mass is 35.5. The Morgan fingerprint density at radius 1 is 1.05 bits per heavy atom. The van der Waals surface area contributed by atoms with Crippen molar-refractivity contribution in [1.29, 1.82) is 0 Å². The predicted molar refractivity (Wildman–Crippen MR) is 90.1 cm³/mol. The third-order valence-corrected chi connectivity index (χ3v) is 5.24. The lowest BCUT2D eigenvalue weighted by atomic mass is 10.1. The highest BCUT2D eigenvalue weighted by molar-refractivity contribution is 6.34. The molecule has 1 aromatic carbocycles. The van der Waals surface area contributed by atoms with Crippen molar-refractivity contribution in [3.63, 3.8) is 0 Å². The van der Waals surface area contributed by atoms with Crippen LogP contribution in [0.1, 0.15) is 37.7 Å². The summed E-state index contributed by atoms with van der Waals surface area (Å²) < 4.78 is 0. The zero-order chi connectivity index (χ0) is 14.7. The van der Waals surface area contributed by atoms with Gasteiger partial charge in [-0.25, -0.2) is 0 Å². The zero-order valence-corrected chi connectivity index (χ0v) is 14.0. The number of hydrogen-bond donors (Lipinski definition) is 1. The molecule has 1 atom stereocenters. The normalized spacial score (nSPS) is 23.3. The standard InChI is InChI=1S/C17H24Cl2N2/c18-15-7-14(8-16(19)9-15)12-21(17-3-1-2-4-17)11-13-5-6-20-10-13/h7-9,13,17,20H,1-6,10-12H2/t13-/m1/s1. The van der Waals surface area contributed by atoms with E-state index < -0.39 is 0 Å². The van der Waals surface area contributed by atoms with Gasteiger partial charge in [-0.1, -0.05) is 36.0 Å². The molecule has 2 aliphatic rings.